The summed E-state index contributed by atoms with van der Waals surface area (Å²) in [5.41, 5.74) is 1.97. The molecule has 7 heteroatoms. The van der Waals surface area contributed by atoms with Gasteiger partial charge in [0.1, 0.15) is 0 Å². The average molecular weight is 539 g/mol. The maximum Gasteiger partial charge on any atom is 0.573 e. The first-order valence-electron chi connectivity index (χ1n) is 14.1. The molecule has 0 aromatic heterocycles. The van der Waals surface area contributed by atoms with Gasteiger partial charge in [0.05, 0.1) is 0 Å². The van der Waals surface area contributed by atoms with E-state index in [9.17, 15) is 22.0 Å². The predicted octanol–water partition coefficient (Wildman–Crippen LogP) is 9.42. The third kappa shape index (κ3) is 7.81. The van der Waals surface area contributed by atoms with Crippen molar-refractivity contribution in [2.45, 2.75) is 95.5 Å². The molecule has 2 fully saturated rings. The van der Waals surface area contributed by atoms with E-state index in [0.717, 1.165) is 29.9 Å². The summed E-state index contributed by atoms with van der Waals surface area (Å²) in [6, 6.07) is 12.4. The van der Waals surface area contributed by atoms with Crippen LogP contribution in [0.3, 0.4) is 0 Å². The molecule has 0 unspecified atom stereocenters. The van der Waals surface area contributed by atoms with Crippen LogP contribution in [0.5, 0.6) is 5.75 Å². The first-order valence-corrected chi connectivity index (χ1v) is 16.1. The fourth-order valence-corrected chi connectivity index (χ4v) is 8.92. The van der Waals surface area contributed by atoms with Gasteiger partial charge in [-0.05, 0) is 91.0 Å². The van der Waals surface area contributed by atoms with Crippen LogP contribution in [0.15, 0.2) is 36.4 Å². The molecule has 2 aliphatic carbocycles. The van der Waals surface area contributed by atoms with Gasteiger partial charge in [-0.2, -0.15) is 0 Å². The molecule has 0 atom stereocenters. The average Bonchev–Trinajstić information content (AvgIpc) is 2.89. The van der Waals surface area contributed by atoms with Crippen LogP contribution >= 0.6 is 0 Å². The Kier molecular flexibility index (Phi) is 9.71. The molecule has 2 aromatic carbocycles. The van der Waals surface area contributed by atoms with Crippen LogP contribution in [0.1, 0.15) is 82.6 Å². The molecule has 2 aromatic rings. The van der Waals surface area contributed by atoms with Gasteiger partial charge in [0.25, 0.3) is 0 Å². The molecule has 2 saturated carbocycles. The Morgan fingerprint density at radius 1 is 0.811 bits per heavy atom. The summed E-state index contributed by atoms with van der Waals surface area (Å²) in [7, 11) is 0.162. The number of alkyl halides is 3. The smallest absolute Gasteiger partial charge is 0.399 e. The van der Waals surface area contributed by atoms with Gasteiger partial charge in [-0.3, -0.25) is 0 Å². The Morgan fingerprint density at radius 3 is 1.92 bits per heavy atom. The quantitative estimate of drug-likeness (QED) is 0.176. The minimum Gasteiger partial charge on any atom is -0.399 e. The van der Waals surface area contributed by atoms with Crippen LogP contribution in [-0.2, 0) is 0 Å². The Balaban J connectivity index is 1.27. The summed E-state index contributed by atoms with van der Waals surface area (Å²) < 4.78 is 68.9. The second kappa shape index (κ2) is 12.8. The standard InChI is InChI=1S/C30H39F5OSi/c1-2-3-16-37-19-20-4-6-21(7-5-20)22-8-10-23(11-9-22)24-12-14-25(15-13-24)26-17-27(31)29(28(32)18-26)36-30(33,34)35/h12-15,17-18,20-23H,2-11,16,19,37H2,1H3/t20-,21-,22?,23?. The molecule has 4 rings (SSSR count). The summed E-state index contributed by atoms with van der Waals surface area (Å²) >= 11 is 0. The molecule has 0 amide bonds. The fourth-order valence-electron chi connectivity index (χ4n) is 6.62. The fraction of sp³-hybridized carbons (Fsp3) is 0.600. The van der Waals surface area contributed by atoms with E-state index in [1.807, 2.05) is 12.1 Å². The highest BCUT2D eigenvalue weighted by molar-refractivity contribution is 6.35. The van der Waals surface area contributed by atoms with E-state index >= 15 is 0 Å². The molecule has 0 aliphatic heterocycles. The molecular weight excluding hydrogens is 499 g/mol. The highest BCUT2D eigenvalue weighted by Crippen LogP contribution is 2.44. The van der Waals surface area contributed by atoms with Crippen LogP contribution < -0.4 is 4.74 Å². The molecule has 0 spiro atoms. The number of unbranched alkanes of at least 4 members (excludes halogenated alkanes) is 1. The van der Waals surface area contributed by atoms with Crippen molar-refractivity contribution in [3.05, 3.63) is 53.6 Å². The lowest BCUT2D eigenvalue weighted by molar-refractivity contribution is -0.276. The largest absolute Gasteiger partial charge is 0.573 e. The predicted molar refractivity (Wildman–Crippen MR) is 142 cm³/mol. The van der Waals surface area contributed by atoms with Crippen molar-refractivity contribution in [2.24, 2.45) is 17.8 Å². The second-order valence-electron chi connectivity index (χ2n) is 11.2. The molecule has 204 valence electrons. The maximum absolute atomic E-state index is 14.1. The van der Waals surface area contributed by atoms with E-state index in [2.05, 4.69) is 11.7 Å². The maximum atomic E-state index is 14.1. The van der Waals surface area contributed by atoms with Gasteiger partial charge in [-0.15, -0.1) is 13.2 Å². The minimum atomic E-state index is -5.15. The van der Waals surface area contributed by atoms with Crippen LogP contribution in [-0.4, -0.2) is 15.9 Å². The molecule has 0 heterocycles. The van der Waals surface area contributed by atoms with E-state index in [4.69, 9.17) is 0 Å². The second-order valence-corrected chi connectivity index (χ2v) is 13.2. The normalized spacial score (nSPS) is 25.0. The number of hydrogen-bond acceptors (Lipinski definition) is 1. The van der Waals surface area contributed by atoms with Gasteiger partial charge in [0.2, 0.25) is 5.75 Å². The van der Waals surface area contributed by atoms with Gasteiger partial charge >= 0.3 is 6.36 Å². The summed E-state index contributed by atoms with van der Waals surface area (Å²) in [6.07, 6.45) is 8.19. The van der Waals surface area contributed by atoms with Gasteiger partial charge in [-0.1, -0.05) is 69.0 Å². The van der Waals surface area contributed by atoms with Gasteiger partial charge in [-0.25, -0.2) is 8.78 Å². The number of rotatable bonds is 9. The number of benzene rings is 2. The van der Waals surface area contributed by atoms with Crippen molar-refractivity contribution in [2.75, 3.05) is 0 Å². The zero-order chi connectivity index (χ0) is 26.4. The first-order chi connectivity index (χ1) is 17.7. The van der Waals surface area contributed by atoms with E-state index in [1.165, 1.54) is 75.8 Å². The number of halogens is 5. The lowest BCUT2D eigenvalue weighted by Crippen LogP contribution is -2.25. The molecule has 0 radical (unpaired) electrons. The lowest BCUT2D eigenvalue weighted by Gasteiger charge is -2.38. The number of ether oxygens (including phenoxy) is 1. The third-order valence-corrected chi connectivity index (χ3v) is 11.0. The van der Waals surface area contributed by atoms with Crippen molar-refractivity contribution < 1.29 is 26.7 Å². The van der Waals surface area contributed by atoms with E-state index in [0.29, 0.717) is 11.5 Å². The molecule has 0 saturated heterocycles. The SMILES string of the molecule is CCCC[SiH2]C[C@H]1CC[C@H](C2CCC(c3ccc(-c4cc(F)c(OC(F)(F)F)c(F)c4)cc3)CC2)CC1. The van der Waals surface area contributed by atoms with E-state index in [-0.39, 0.29) is 15.1 Å². The monoisotopic (exact) mass is 538 g/mol. The summed E-state index contributed by atoms with van der Waals surface area (Å²) in [5, 5.41) is 0. The molecule has 37 heavy (non-hydrogen) atoms. The lowest BCUT2D eigenvalue weighted by atomic mass is 9.68. The Hall–Kier alpha value is -1.89. The highest BCUT2D eigenvalue weighted by Gasteiger charge is 2.34. The molecule has 1 nitrogen and oxygen atoms in total. The summed E-state index contributed by atoms with van der Waals surface area (Å²) in [5.74, 6) is -0.938. The van der Waals surface area contributed by atoms with Crippen LogP contribution in [0.25, 0.3) is 11.1 Å². The third-order valence-electron chi connectivity index (χ3n) is 8.73. The highest BCUT2D eigenvalue weighted by atomic mass is 28.2. The van der Waals surface area contributed by atoms with Gasteiger partial charge in [0.15, 0.2) is 11.6 Å². The summed E-state index contributed by atoms with van der Waals surface area (Å²) in [6.45, 7) is 2.29. The molecular formula is C30H39F5OSi. The zero-order valence-electron chi connectivity index (χ0n) is 21.8. The van der Waals surface area contributed by atoms with Crippen molar-refractivity contribution in [1.29, 1.82) is 0 Å². The van der Waals surface area contributed by atoms with E-state index < -0.39 is 23.7 Å². The topological polar surface area (TPSA) is 9.23 Å². The minimum absolute atomic E-state index is 0.162. The van der Waals surface area contributed by atoms with Gasteiger partial charge < -0.3 is 4.74 Å². The zero-order valence-corrected chi connectivity index (χ0v) is 23.2. The Bertz CT molecular complexity index is 967. The summed E-state index contributed by atoms with van der Waals surface area (Å²) in [4.78, 5) is 0. The van der Waals surface area contributed by atoms with Crippen LogP contribution in [0.2, 0.25) is 12.1 Å². The van der Waals surface area contributed by atoms with Crippen LogP contribution in [0, 0.1) is 29.4 Å². The van der Waals surface area contributed by atoms with Crippen molar-refractivity contribution in [1.82, 2.24) is 0 Å². The Labute approximate surface area is 220 Å². The molecule has 0 N–H and O–H groups in total. The van der Waals surface area contributed by atoms with Gasteiger partial charge in [0, 0.05) is 9.52 Å². The van der Waals surface area contributed by atoms with Crippen LogP contribution in [0.4, 0.5) is 22.0 Å². The van der Waals surface area contributed by atoms with Crippen molar-refractivity contribution in [3.8, 4) is 16.9 Å². The van der Waals surface area contributed by atoms with Crippen molar-refractivity contribution >= 4 is 9.52 Å². The van der Waals surface area contributed by atoms with E-state index in [1.54, 1.807) is 18.2 Å². The Morgan fingerprint density at radius 2 is 1.38 bits per heavy atom. The molecule has 2 aliphatic rings. The molecule has 0 bridgehead atoms. The first kappa shape index (κ1) is 28.1. The van der Waals surface area contributed by atoms with Crippen molar-refractivity contribution in [3.63, 3.8) is 0 Å². The number of hydrogen-bond donors (Lipinski definition) is 0.